The molecule has 0 unspecified atom stereocenters. The smallest absolute Gasteiger partial charge is 0.352 e. The first-order valence-corrected chi connectivity index (χ1v) is 8.54. The summed E-state index contributed by atoms with van der Waals surface area (Å²) in [5.74, 6) is 0. The van der Waals surface area contributed by atoms with Crippen molar-refractivity contribution in [1.29, 1.82) is 0 Å². The van der Waals surface area contributed by atoms with E-state index in [9.17, 15) is 13.2 Å². The third-order valence-corrected chi connectivity index (χ3v) is 4.12. The summed E-state index contributed by atoms with van der Waals surface area (Å²) in [4.78, 5) is 4.02. The number of thiocarbonyl (C=S) groups is 1. The molecule has 1 atom stereocenters. The molecule has 3 nitrogen and oxygen atoms in total. The van der Waals surface area contributed by atoms with Gasteiger partial charge in [0.15, 0.2) is 5.11 Å². The second kappa shape index (κ2) is 8.18. The minimum atomic E-state index is -4.41. The van der Waals surface area contributed by atoms with E-state index >= 15 is 0 Å². The van der Waals surface area contributed by atoms with Gasteiger partial charge in [-0.15, -0.1) is 0 Å². The molecule has 138 valence electrons. The molecule has 0 amide bonds. The summed E-state index contributed by atoms with van der Waals surface area (Å²) >= 11 is 5.33. The minimum Gasteiger partial charge on any atom is -0.352 e. The second-order valence-electron chi connectivity index (χ2n) is 5.80. The topological polar surface area (TPSA) is 37.0 Å². The van der Waals surface area contributed by atoms with E-state index in [1.54, 1.807) is 12.4 Å². The number of hydrogen-bond acceptors (Lipinski definition) is 2. The highest BCUT2D eigenvalue weighted by molar-refractivity contribution is 7.80. The second-order valence-corrected chi connectivity index (χ2v) is 6.21. The first kappa shape index (κ1) is 18.8. The maximum atomic E-state index is 12.9. The zero-order valence-electron chi connectivity index (χ0n) is 14.1. The van der Waals surface area contributed by atoms with Gasteiger partial charge >= 0.3 is 6.18 Å². The van der Waals surface area contributed by atoms with Crippen molar-refractivity contribution >= 4 is 23.0 Å². The molecule has 0 fully saturated rings. The van der Waals surface area contributed by atoms with Crippen LogP contribution in [0.5, 0.6) is 0 Å². The van der Waals surface area contributed by atoms with E-state index < -0.39 is 11.7 Å². The molecule has 7 heteroatoms. The van der Waals surface area contributed by atoms with Crippen LogP contribution in [-0.2, 0) is 6.18 Å². The predicted octanol–water partition coefficient (Wildman–Crippen LogP) is 5.18. The molecule has 1 aromatic heterocycles. The summed E-state index contributed by atoms with van der Waals surface area (Å²) in [5, 5.41) is 6.22. The van der Waals surface area contributed by atoms with Gasteiger partial charge in [0.2, 0.25) is 0 Å². The Morgan fingerprint density at radius 1 is 0.889 bits per heavy atom. The van der Waals surface area contributed by atoms with Crippen LogP contribution in [0.2, 0.25) is 0 Å². The number of nitrogens with one attached hydrogen (secondary N) is 2. The highest BCUT2D eigenvalue weighted by atomic mass is 32.1. The van der Waals surface area contributed by atoms with Gasteiger partial charge in [-0.05, 0) is 53.7 Å². The van der Waals surface area contributed by atoms with Crippen molar-refractivity contribution in [3.8, 4) is 0 Å². The number of benzene rings is 2. The monoisotopic (exact) mass is 387 g/mol. The van der Waals surface area contributed by atoms with Crippen LogP contribution in [0, 0.1) is 0 Å². The lowest BCUT2D eigenvalue weighted by atomic mass is 10.00. The molecule has 0 radical (unpaired) electrons. The van der Waals surface area contributed by atoms with E-state index in [2.05, 4.69) is 15.6 Å². The van der Waals surface area contributed by atoms with Gasteiger partial charge in [0.05, 0.1) is 11.6 Å². The van der Waals surface area contributed by atoms with Crippen LogP contribution in [0.25, 0.3) is 0 Å². The molecule has 0 aliphatic heterocycles. The van der Waals surface area contributed by atoms with Crippen LogP contribution < -0.4 is 10.6 Å². The lowest BCUT2D eigenvalue weighted by Crippen LogP contribution is -2.33. The number of rotatable bonds is 4. The van der Waals surface area contributed by atoms with Gasteiger partial charge in [-0.1, -0.05) is 36.4 Å². The summed E-state index contributed by atoms with van der Waals surface area (Å²) in [6.45, 7) is 0. The van der Waals surface area contributed by atoms with Crippen molar-refractivity contribution in [1.82, 2.24) is 10.3 Å². The largest absolute Gasteiger partial charge is 0.416 e. The van der Waals surface area contributed by atoms with Crippen molar-refractivity contribution in [3.63, 3.8) is 0 Å². The first-order chi connectivity index (χ1) is 12.9. The molecule has 0 bridgehead atoms. The molecule has 0 spiro atoms. The van der Waals surface area contributed by atoms with Crippen LogP contribution in [0.15, 0.2) is 79.1 Å². The molecule has 1 heterocycles. The molecule has 0 aliphatic carbocycles. The van der Waals surface area contributed by atoms with Gasteiger partial charge in [-0.25, -0.2) is 0 Å². The summed E-state index contributed by atoms with van der Waals surface area (Å²) in [6.07, 6.45) is -1.05. The number of hydrogen-bond donors (Lipinski definition) is 2. The van der Waals surface area contributed by atoms with Gasteiger partial charge in [0, 0.05) is 18.1 Å². The zero-order chi connectivity index (χ0) is 19.3. The maximum Gasteiger partial charge on any atom is 0.416 e. The fourth-order valence-corrected chi connectivity index (χ4v) is 2.87. The van der Waals surface area contributed by atoms with Crippen LogP contribution in [0.3, 0.4) is 0 Å². The molecule has 0 aliphatic rings. The number of pyridine rings is 1. The van der Waals surface area contributed by atoms with Crippen LogP contribution in [-0.4, -0.2) is 10.1 Å². The van der Waals surface area contributed by atoms with Gasteiger partial charge in [0.1, 0.15) is 0 Å². The molecule has 2 aromatic carbocycles. The molecule has 2 N–H and O–H groups in total. The fourth-order valence-electron chi connectivity index (χ4n) is 2.63. The molecule has 0 saturated carbocycles. The van der Waals surface area contributed by atoms with Gasteiger partial charge in [0.25, 0.3) is 0 Å². The molecule has 0 saturated heterocycles. The van der Waals surface area contributed by atoms with E-state index in [0.717, 1.165) is 23.3 Å². The van der Waals surface area contributed by atoms with E-state index in [-0.39, 0.29) is 16.8 Å². The van der Waals surface area contributed by atoms with Crippen LogP contribution in [0.1, 0.15) is 22.7 Å². The standard InChI is InChI=1S/C20H16F3N3S/c21-20(22,23)16-7-4-8-17(13-16)25-19(27)26-18(14-5-2-1-3-6-14)15-9-11-24-12-10-15/h1-13,18H,(H2,25,26,27)/t18-/m1/s1. The first-order valence-electron chi connectivity index (χ1n) is 8.13. The Bertz CT molecular complexity index is 860. The van der Waals surface area contributed by atoms with Crippen molar-refractivity contribution in [2.45, 2.75) is 12.2 Å². The summed E-state index contributed by atoms with van der Waals surface area (Å²) in [7, 11) is 0. The zero-order valence-corrected chi connectivity index (χ0v) is 14.9. The number of anilines is 1. The Balaban J connectivity index is 1.80. The van der Waals surface area contributed by atoms with Crippen LogP contribution >= 0.6 is 12.2 Å². The van der Waals surface area contributed by atoms with E-state index in [1.807, 2.05) is 42.5 Å². The normalized spacial score (nSPS) is 12.3. The van der Waals surface area contributed by atoms with E-state index in [4.69, 9.17) is 12.2 Å². The molecular formula is C20H16F3N3S. The Morgan fingerprint density at radius 2 is 1.56 bits per heavy atom. The Hall–Kier alpha value is -2.93. The summed E-state index contributed by atoms with van der Waals surface area (Å²) in [5.41, 5.74) is 1.44. The Morgan fingerprint density at radius 3 is 2.22 bits per heavy atom. The van der Waals surface area contributed by atoms with Crippen molar-refractivity contribution < 1.29 is 13.2 Å². The number of halogens is 3. The summed E-state index contributed by atoms with van der Waals surface area (Å²) in [6, 6.07) is 18.0. The molecule has 3 aromatic rings. The number of nitrogens with zero attached hydrogens (tertiary/aromatic N) is 1. The molecule has 27 heavy (non-hydrogen) atoms. The van der Waals surface area contributed by atoms with Gasteiger partial charge < -0.3 is 10.6 Å². The third kappa shape index (κ3) is 5.04. The predicted molar refractivity (Wildman–Crippen MR) is 103 cm³/mol. The highest BCUT2D eigenvalue weighted by Gasteiger charge is 2.30. The average molecular weight is 387 g/mol. The fraction of sp³-hybridized carbons (Fsp3) is 0.100. The van der Waals surface area contributed by atoms with Gasteiger partial charge in [-0.3, -0.25) is 4.98 Å². The third-order valence-electron chi connectivity index (χ3n) is 3.90. The Labute approximate surface area is 160 Å². The minimum absolute atomic E-state index is 0.222. The Kier molecular flexibility index (Phi) is 5.71. The SMILES string of the molecule is FC(F)(F)c1cccc(NC(=S)N[C@H](c2ccccc2)c2ccncc2)c1. The average Bonchev–Trinajstić information content (AvgIpc) is 2.67. The lowest BCUT2D eigenvalue weighted by molar-refractivity contribution is -0.137. The quantitative estimate of drug-likeness (QED) is 0.605. The van der Waals surface area contributed by atoms with Crippen molar-refractivity contribution in [2.24, 2.45) is 0 Å². The van der Waals surface area contributed by atoms with E-state index in [0.29, 0.717) is 0 Å². The molecular weight excluding hydrogens is 371 g/mol. The van der Waals surface area contributed by atoms with Crippen LogP contribution in [0.4, 0.5) is 18.9 Å². The van der Waals surface area contributed by atoms with Crippen molar-refractivity contribution in [3.05, 3.63) is 95.8 Å². The lowest BCUT2D eigenvalue weighted by Gasteiger charge is -2.22. The number of alkyl halides is 3. The van der Waals surface area contributed by atoms with Crippen molar-refractivity contribution in [2.75, 3.05) is 5.32 Å². The molecule has 3 rings (SSSR count). The number of aromatic nitrogens is 1. The summed E-state index contributed by atoms with van der Waals surface area (Å²) < 4.78 is 38.6. The van der Waals surface area contributed by atoms with E-state index in [1.165, 1.54) is 12.1 Å². The highest BCUT2D eigenvalue weighted by Crippen LogP contribution is 2.30. The maximum absolute atomic E-state index is 12.9. The van der Waals surface area contributed by atoms with Gasteiger partial charge in [-0.2, -0.15) is 13.2 Å².